The second kappa shape index (κ2) is 19.6. The summed E-state index contributed by atoms with van der Waals surface area (Å²) in [5.74, 6) is 2.64. The molecule has 1 fully saturated rings. The second-order valence-electron chi connectivity index (χ2n) is 17.7. The first-order valence-corrected chi connectivity index (χ1v) is 23.2. The SMILES string of the molecule is COc1ccc(C(OCC2(CO)CCN(C(=O)CCCCCNC(=O)c3ccc4c(c3)C(=O)OC43c4ccccc4Oc4ccccc43)CC2)(c2ccc(OC)cc2)c2ccc(OC)cc2)cc1. The number of piperidine rings is 1. The highest BCUT2D eigenvalue weighted by Crippen LogP contribution is 2.56. The van der Waals surface area contributed by atoms with Crippen LogP contribution in [-0.4, -0.2) is 82.0 Å². The van der Waals surface area contributed by atoms with Crippen LogP contribution in [0, 0.1) is 5.41 Å². The Bertz CT molecular complexity index is 2600. The van der Waals surface area contributed by atoms with Crippen molar-refractivity contribution in [1.29, 1.82) is 0 Å². The number of nitrogens with one attached hydrogen (secondary N) is 1. The molecule has 2 amide bonds. The highest BCUT2D eigenvalue weighted by atomic mass is 16.6. The van der Waals surface area contributed by atoms with Gasteiger partial charge < -0.3 is 43.7 Å². The van der Waals surface area contributed by atoms with Crippen LogP contribution in [0.5, 0.6) is 28.7 Å². The van der Waals surface area contributed by atoms with Gasteiger partial charge in [-0.25, -0.2) is 4.79 Å². The minimum absolute atomic E-state index is 0.0723. The summed E-state index contributed by atoms with van der Waals surface area (Å²) in [6, 6.07) is 43.7. The normalized spacial score (nSPS) is 15.3. The van der Waals surface area contributed by atoms with E-state index in [0.29, 0.717) is 97.2 Å². The third-order valence-electron chi connectivity index (χ3n) is 13.8. The first-order chi connectivity index (χ1) is 33.2. The predicted molar refractivity (Wildman–Crippen MR) is 256 cm³/mol. The van der Waals surface area contributed by atoms with Gasteiger partial charge in [0.1, 0.15) is 34.3 Å². The van der Waals surface area contributed by atoms with Crippen LogP contribution in [0.15, 0.2) is 140 Å². The molecular formula is C56H56N2O10. The Labute approximate surface area is 396 Å². The molecule has 0 radical (unpaired) electrons. The molecule has 3 aliphatic heterocycles. The number of amides is 2. The Morgan fingerprint density at radius 2 is 1.21 bits per heavy atom. The summed E-state index contributed by atoms with van der Waals surface area (Å²) in [7, 11) is 4.90. The van der Waals surface area contributed by atoms with Crippen molar-refractivity contribution in [1.82, 2.24) is 10.2 Å². The van der Waals surface area contributed by atoms with Crippen molar-refractivity contribution < 1.29 is 47.9 Å². The molecule has 0 unspecified atom stereocenters. The quantitative estimate of drug-likeness (QED) is 0.0517. The van der Waals surface area contributed by atoms with E-state index < -0.39 is 22.6 Å². The number of benzene rings is 6. The van der Waals surface area contributed by atoms with Crippen molar-refractivity contribution in [2.45, 2.75) is 49.7 Å². The summed E-state index contributed by atoms with van der Waals surface area (Å²) in [6.45, 7) is 1.56. The van der Waals surface area contributed by atoms with Crippen LogP contribution >= 0.6 is 0 Å². The molecule has 1 saturated heterocycles. The molecule has 0 bridgehead atoms. The fourth-order valence-electron chi connectivity index (χ4n) is 9.87. The lowest BCUT2D eigenvalue weighted by atomic mass is 9.77. The first kappa shape index (κ1) is 46.0. The van der Waals surface area contributed by atoms with Gasteiger partial charge in [0.15, 0.2) is 5.60 Å². The van der Waals surface area contributed by atoms with Gasteiger partial charge in [0.25, 0.3) is 5.91 Å². The summed E-state index contributed by atoms with van der Waals surface area (Å²) in [4.78, 5) is 42.2. The number of aliphatic hydroxyl groups excluding tert-OH is 1. The van der Waals surface area contributed by atoms with Crippen molar-refractivity contribution in [3.05, 3.63) is 184 Å². The summed E-state index contributed by atoms with van der Waals surface area (Å²) >= 11 is 0. The largest absolute Gasteiger partial charge is 0.497 e. The highest BCUT2D eigenvalue weighted by Gasteiger charge is 2.53. The van der Waals surface area contributed by atoms with Gasteiger partial charge in [-0.2, -0.15) is 0 Å². The number of likely N-dealkylation sites (tertiary alicyclic amines) is 1. The number of para-hydroxylation sites is 2. The summed E-state index contributed by atoms with van der Waals surface area (Å²) in [5.41, 5.74) is 2.61. The van der Waals surface area contributed by atoms with Crippen LogP contribution in [0.3, 0.4) is 0 Å². The third kappa shape index (κ3) is 8.54. The molecule has 3 heterocycles. The third-order valence-corrected chi connectivity index (χ3v) is 13.8. The van der Waals surface area contributed by atoms with E-state index >= 15 is 0 Å². The lowest BCUT2D eigenvalue weighted by Gasteiger charge is -2.44. The van der Waals surface area contributed by atoms with Gasteiger partial charge in [-0.1, -0.05) is 85.3 Å². The monoisotopic (exact) mass is 916 g/mol. The Morgan fingerprint density at radius 3 is 1.72 bits per heavy atom. The Kier molecular flexibility index (Phi) is 13.3. The molecular weight excluding hydrogens is 861 g/mol. The standard InChI is InChI=1S/C56H56N2O10/c1-63-42-23-17-39(18-24-42)55(40-19-25-43(64-2)26-20-40,41-21-27-44(65-3)28-22-41)66-37-54(36-59)30-33-58(34-31-54)51(60)15-5-4-10-32-57-52(61)38-16-29-46-45(35-38)53(62)68-56(46)47-11-6-8-13-49(47)67-50-14-9-7-12-48(50)56/h6-9,11-14,16-29,35,59H,4-5,10,15,30-34,36-37H2,1-3H3,(H,57,61). The fourth-order valence-corrected chi connectivity index (χ4v) is 9.87. The number of methoxy groups -OCH3 is 3. The zero-order chi connectivity index (χ0) is 47.3. The molecule has 68 heavy (non-hydrogen) atoms. The summed E-state index contributed by atoms with van der Waals surface area (Å²) < 4.78 is 36.2. The number of nitrogens with zero attached hydrogens (tertiary/aromatic N) is 1. The molecule has 0 saturated carbocycles. The van der Waals surface area contributed by atoms with Gasteiger partial charge in [-0.05, 0) is 103 Å². The maximum atomic E-state index is 13.5. The molecule has 1 spiro atoms. The molecule has 350 valence electrons. The number of hydrogen-bond donors (Lipinski definition) is 2. The zero-order valence-corrected chi connectivity index (χ0v) is 38.6. The number of carbonyl (C=O) groups excluding carboxylic acids is 3. The molecule has 9 rings (SSSR count). The maximum Gasteiger partial charge on any atom is 0.340 e. The number of rotatable bonds is 17. The molecule has 12 heteroatoms. The average molecular weight is 917 g/mol. The molecule has 6 aromatic rings. The summed E-state index contributed by atoms with van der Waals surface area (Å²) in [6.07, 6.45) is 3.64. The number of ether oxygens (including phenoxy) is 6. The van der Waals surface area contributed by atoms with E-state index in [-0.39, 0.29) is 25.0 Å². The van der Waals surface area contributed by atoms with Crippen molar-refractivity contribution >= 4 is 17.8 Å². The van der Waals surface area contributed by atoms with Crippen LogP contribution in [-0.2, 0) is 25.5 Å². The van der Waals surface area contributed by atoms with E-state index in [2.05, 4.69) is 5.32 Å². The van der Waals surface area contributed by atoms with E-state index in [9.17, 15) is 19.5 Å². The van der Waals surface area contributed by atoms with E-state index in [1.807, 2.05) is 126 Å². The smallest absolute Gasteiger partial charge is 0.340 e. The van der Waals surface area contributed by atoms with Crippen molar-refractivity contribution in [3.63, 3.8) is 0 Å². The molecule has 0 atom stereocenters. The minimum Gasteiger partial charge on any atom is -0.497 e. The number of hydrogen-bond acceptors (Lipinski definition) is 10. The molecule has 12 nitrogen and oxygen atoms in total. The van der Waals surface area contributed by atoms with Crippen LogP contribution in [0.1, 0.15) is 92.6 Å². The van der Waals surface area contributed by atoms with E-state index in [1.165, 1.54) is 0 Å². The lowest BCUT2D eigenvalue weighted by molar-refractivity contribution is -0.137. The Morgan fingerprint density at radius 1 is 0.676 bits per heavy atom. The number of fused-ring (bicyclic) bond motifs is 6. The van der Waals surface area contributed by atoms with Crippen LogP contribution < -0.4 is 24.3 Å². The Hall–Kier alpha value is -7.15. The minimum atomic E-state index is -1.18. The van der Waals surface area contributed by atoms with Gasteiger partial charge in [-0.3, -0.25) is 9.59 Å². The molecule has 0 aliphatic carbocycles. The van der Waals surface area contributed by atoms with Crippen molar-refractivity contribution in [2.24, 2.45) is 5.41 Å². The molecule has 3 aliphatic rings. The van der Waals surface area contributed by atoms with Gasteiger partial charge in [0.05, 0.1) is 40.1 Å². The van der Waals surface area contributed by atoms with Gasteiger partial charge >= 0.3 is 5.97 Å². The first-order valence-electron chi connectivity index (χ1n) is 23.2. The van der Waals surface area contributed by atoms with Crippen LogP contribution in [0.2, 0.25) is 0 Å². The predicted octanol–water partition coefficient (Wildman–Crippen LogP) is 9.18. The highest BCUT2D eigenvalue weighted by molar-refractivity contribution is 6.01. The van der Waals surface area contributed by atoms with E-state index in [0.717, 1.165) is 34.2 Å². The van der Waals surface area contributed by atoms with Crippen LogP contribution in [0.25, 0.3) is 0 Å². The zero-order valence-electron chi connectivity index (χ0n) is 38.6. The summed E-state index contributed by atoms with van der Waals surface area (Å²) in [5, 5.41) is 14.0. The van der Waals surface area contributed by atoms with E-state index in [1.54, 1.807) is 39.5 Å². The number of aliphatic hydroxyl groups is 1. The van der Waals surface area contributed by atoms with Gasteiger partial charge in [0.2, 0.25) is 5.91 Å². The molecule has 0 aromatic heterocycles. The van der Waals surface area contributed by atoms with Gasteiger partial charge in [0, 0.05) is 53.7 Å². The van der Waals surface area contributed by atoms with E-state index in [4.69, 9.17) is 28.4 Å². The second-order valence-corrected chi connectivity index (χ2v) is 17.7. The van der Waals surface area contributed by atoms with Crippen molar-refractivity contribution in [3.8, 4) is 28.7 Å². The number of unbranched alkanes of at least 4 members (excludes halogenated alkanes) is 2. The van der Waals surface area contributed by atoms with Crippen LogP contribution in [0.4, 0.5) is 0 Å². The van der Waals surface area contributed by atoms with Gasteiger partial charge in [-0.15, -0.1) is 0 Å². The fraction of sp³-hybridized carbons (Fsp3) is 0.304. The lowest BCUT2D eigenvalue weighted by Crippen LogP contribution is -2.48. The molecule has 6 aromatic carbocycles. The number of esters is 1. The average Bonchev–Trinajstić information content (AvgIpc) is 3.69. The Balaban J connectivity index is 0.796. The number of carbonyl (C=O) groups is 3. The molecule has 2 N–H and O–H groups in total. The maximum absolute atomic E-state index is 13.5. The topological polar surface area (TPSA) is 142 Å². The van der Waals surface area contributed by atoms with Crippen molar-refractivity contribution in [2.75, 3.05) is 54.2 Å².